The monoisotopic (exact) mass is 416 g/mol. The van der Waals surface area contributed by atoms with E-state index in [1.807, 2.05) is 50.2 Å². The zero-order valence-corrected chi connectivity index (χ0v) is 17.3. The average Bonchev–Trinajstić information content (AvgIpc) is 3.05. The molecule has 0 unspecified atom stereocenters. The van der Waals surface area contributed by atoms with E-state index in [0.717, 1.165) is 22.3 Å². The van der Waals surface area contributed by atoms with Crippen LogP contribution in [0.5, 0.6) is 0 Å². The molecule has 1 aliphatic heterocycles. The van der Waals surface area contributed by atoms with Crippen molar-refractivity contribution in [1.82, 2.24) is 10.7 Å². The minimum absolute atomic E-state index is 0.315. The van der Waals surface area contributed by atoms with E-state index in [1.165, 1.54) is 12.1 Å². The zero-order valence-electron chi connectivity index (χ0n) is 17.3. The molecule has 31 heavy (non-hydrogen) atoms. The van der Waals surface area contributed by atoms with Gasteiger partial charge in [-0.15, -0.1) is 10.1 Å². The average molecular weight is 416 g/mol. The molecule has 0 radical (unpaired) electrons. The molecule has 2 amide bonds. The normalized spacial score (nSPS) is 19.3. The molecule has 1 aliphatic rings. The summed E-state index contributed by atoms with van der Waals surface area (Å²) in [6.07, 6.45) is 1.74. The molecule has 4 rings (SSSR count). The van der Waals surface area contributed by atoms with Crippen LogP contribution in [0.2, 0.25) is 0 Å². The highest BCUT2D eigenvalue weighted by molar-refractivity contribution is 5.98. The summed E-state index contributed by atoms with van der Waals surface area (Å²) in [6, 6.07) is 19.8. The van der Waals surface area contributed by atoms with E-state index in [1.54, 1.807) is 35.2 Å². The lowest BCUT2D eigenvalue weighted by Gasteiger charge is -2.15. The number of hydrazone groups is 1. The highest BCUT2D eigenvalue weighted by Crippen LogP contribution is 2.26. The number of amides is 2. The summed E-state index contributed by atoms with van der Waals surface area (Å²) in [5, 5.41) is 2.89. The second-order valence-electron chi connectivity index (χ2n) is 7.74. The molecule has 1 saturated heterocycles. The van der Waals surface area contributed by atoms with Crippen LogP contribution < -0.4 is 10.7 Å². The Morgan fingerprint density at radius 3 is 2.39 bits per heavy atom. The Hall–Kier alpha value is -3.80. The van der Waals surface area contributed by atoms with Crippen LogP contribution in [0.15, 0.2) is 72.8 Å². The van der Waals surface area contributed by atoms with Crippen LogP contribution in [-0.4, -0.2) is 28.8 Å². The fourth-order valence-electron chi connectivity index (χ4n) is 3.66. The Labute approximate surface area is 180 Å². The molecule has 3 aromatic carbocycles. The molecule has 156 valence electrons. The van der Waals surface area contributed by atoms with Crippen LogP contribution >= 0.6 is 0 Å². The zero-order chi connectivity index (χ0) is 22.0. The Balaban J connectivity index is 1.70. The fraction of sp³-hybridized carbons (Fsp3) is 0.160. The number of nitrogens with zero attached hydrogens (tertiary/aromatic N) is 1. The molecule has 6 heteroatoms. The number of carbonyl (C=O) groups is 2. The SMILES string of the molecule is Cc1ccc([C@H]2[C@H](NC(=O)c3cccc(C)c3)C(=O)N/[N+]2=C\c2ccc(F)cc2)cc1. The first kappa shape index (κ1) is 20.5. The Morgan fingerprint density at radius 1 is 1.00 bits per heavy atom. The van der Waals surface area contributed by atoms with Gasteiger partial charge >= 0.3 is 5.91 Å². The molecule has 1 fully saturated rings. The highest BCUT2D eigenvalue weighted by Gasteiger charge is 2.47. The summed E-state index contributed by atoms with van der Waals surface area (Å²) in [7, 11) is 0. The minimum Gasteiger partial charge on any atom is -0.334 e. The van der Waals surface area contributed by atoms with Crippen LogP contribution in [0, 0.1) is 19.7 Å². The number of halogens is 1. The number of nitrogens with one attached hydrogen (secondary N) is 2. The first-order valence-electron chi connectivity index (χ1n) is 10.0. The largest absolute Gasteiger partial charge is 0.334 e. The standard InChI is InChI=1S/C25H22FN3O2/c1-16-6-10-19(11-7-16)23-22(27-24(30)20-5-3-4-17(2)14-20)25(31)28-29(23)15-18-8-12-21(26)13-9-18/h3-15,22-23H,1-2H3,(H-,27,28,30,31)/p+1/b29-15-/t22-,23-/m0/s1. The summed E-state index contributed by atoms with van der Waals surface area (Å²) in [5.41, 5.74) is 6.98. The number of hydrogen-bond donors (Lipinski definition) is 2. The topological polar surface area (TPSA) is 61.2 Å². The molecule has 2 N–H and O–H groups in total. The van der Waals surface area contributed by atoms with Crippen LogP contribution in [0.4, 0.5) is 4.39 Å². The van der Waals surface area contributed by atoms with Gasteiger partial charge in [0.25, 0.3) is 5.91 Å². The maximum atomic E-state index is 13.3. The molecule has 0 aliphatic carbocycles. The Bertz CT molecular complexity index is 1150. The quantitative estimate of drug-likeness (QED) is 0.640. The lowest BCUT2D eigenvalue weighted by molar-refractivity contribution is -0.596. The molecule has 0 saturated carbocycles. The van der Waals surface area contributed by atoms with Gasteiger partial charge in [-0.25, -0.2) is 4.39 Å². The number of carbonyl (C=O) groups excluding carboxylic acids is 2. The molecule has 0 spiro atoms. The molecule has 2 atom stereocenters. The number of hydrazine groups is 1. The van der Waals surface area contributed by atoms with Gasteiger partial charge in [0.15, 0.2) is 6.04 Å². The predicted molar refractivity (Wildman–Crippen MR) is 116 cm³/mol. The van der Waals surface area contributed by atoms with Gasteiger partial charge in [0, 0.05) is 16.7 Å². The lowest BCUT2D eigenvalue weighted by Crippen LogP contribution is -2.42. The minimum atomic E-state index is -0.799. The molecular formula is C25H23FN3O2+. The Kier molecular flexibility index (Phi) is 5.62. The second-order valence-corrected chi connectivity index (χ2v) is 7.74. The fourth-order valence-corrected chi connectivity index (χ4v) is 3.66. The van der Waals surface area contributed by atoms with E-state index in [4.69, 9.17) is 0 Å². The van der Waals surface area contributed by atoms with Crippen molar-refractivity contribution in [3.05, 3.63) is 106 Å². The van der Waals surface area contributed by atoms with E-state index in [9.17, 15) is 14.0 Å². The second kappa shape index (κ2) is 8.52. The highest BCUT2D eigenvalue weighted by atomic mass is 19.1. The molecule has 0 bridgehead atoms. The number of hydrogen-bond acceptors (Lipinski definition) is 2. The summed E-state index contributed by atoms with van der Waals surface area (Å²) in [4.78, 5) is 25.7. The third-order valence-electron chi connectivity index (χ3n) is 5.28. The van der Waals surface area contributed by atoms with Gasteiger partial charge in [-0.2, -0.15) is 0 Å². The Morgan fingerprint density at radius 2 is 1.71 bits per heavy atom. The van der Waals surface area contributed by atoms with Gasteiger partial charge in [-0.3, -0.25) is 9.59 Å². The predicted octanol–water partition coefficient (Wildman–Crippen LogP) is 3.46. The van der Waals surface area contributed by atoms with Crippen molar-refractivity contribution >= 4 is 18.0 Å². The third kappa shape index (κ3) is 4.53. The van der Waals surface area contributed by atoms with Crippen LogP contribution in [0.25, 0.3) is 0 Å². The third-order valence-corrected chi connectivity index (χ3v) is 5.28. The molecular weight excluding hydrogens is 393 g/mol. The smallest absolute Gasteiger partial charge is 0.304 e. The van der Waals surface area contributed by atoms with Gasteiger partial charge in [0.05, 0.1) is 0 Å². The van der Waals surface area contributed by atoms with Crippen LogP contribution in [-0.2, 0) is 4.79 Å². The van der Waals surface area contributed by atoms with Gasteiger partial charge < -0.3 is 5.32 Å². The molecule has 5 nitrogen and oxygen atoms in total. The van der Waals surface area contributed by atoms with Gasteiger partial charge in [0.2, 0.25) is 12.3 Å². The van der Waals surface area contributed by atoms with Crippen molar-refractivity contribution < 1.29 is 18.7 Å². The number of benzene rings is 3. The lowest BCUT2D eigenvalue weighted by atomic mass is 9.98. The van der Waals surface area contributed by atoms with Crippen molar-refractivity contribution in [2.75, 3.05) is 0 Å². The van der Waals surface area contributed by atoms with E-state index >= 15 is 0 Å². The summed E-state index contributed by atoms with van der Waals surface area (Å²) in [6.45, 7) is 3.90. The number of rotatable bonds is 4. The maximum Gasteiger partial charge on any atom is 0.304 e. The summed E-state index contributed by atoms with van der Waals surface area (Å²) < 4.78 is 15.0. The van der Waals surface area contributed by atoms with Crippen LogP contribution in [0.3, 0.4) is 0 Å². The van der Waals surface area contributed by atoms with Crippen molar-refractivity contribution in [3.63, 3.8) is 0 Å². The van der Waals surface area contributed by atoms with E-state index in [0.29, 0.717) is 5.56 Å². The number of aryl methyl sites for hydroxylation is 2. The first-order chi connectivity index (χ1) is 14.9. The van der Waals surface area contributed by atoms with E-state index in [-0.39, 0.29) is 17.6 Å². The molecule has 0 aromatic heterocycles. The van der Waals surface area contributed by atoms with E-state index < -0.39 is 12.1 Å². The summed E-state index contributed by atoms with van der Waals surface area (Å²) >= 11 is 0. The maximum absolute atomic E-state index is 13.3. The van der Waals surface area contributed by atoms with Gasteiger partial charge in [0.1, 0.15) is 5.82 Å². The van der Waals surface area contributed by atoms with Gasteiger partial charge in [-0.1, -0.05) is 47.5 Å². The van der Waals surface area contributed by atoms with Crippen LogP contribution in [0.1, 0.15) is 38.7 Å². The first-order valence-corrected chi connectivity index (χ1v) is 10.0. The van der Waals surface area contributed by atoms with E-state index in [2.05, 4.69) is 10.7 Å². The summed E-state index contributed by atoms with van der Waals surface area (Å²) in [5.74, 6) is -0.962. The van der Waals surface area contributed by atoms with Crippen molar-refractivity contribution in [2.45, 2.75) is 25.9 Å². The molecule has 3 aromatic rings. The van der Waals surface area contributed by atoms with Crippen molar-refractivity contribution in [1.29, 1.82) is 0 Å². The van der Waals surface area contributed by atoms with Crippen molar-refractivity contribution in [3.8, 4) is 0 Å². The van der Waals surface area contributed by atoms with Gasteiger partial charge in [-0.05, 0) is 50.2 Å². The van der Waals surface area contributed by atoms with Crippen molar-refractivity contribution in [2.24, 2.45) is 0 Å². The molecule has 1 heterocycles.